The number of benzene rings is 2. The van der Waals surface area contributed by atoms with Gasteiger partial charge in [0.2, 0.25) is 5.91 Å². The predicted octanol–water partition coefficient (Wildman–Crippen LogP) is 2.62. The summed E-state index contributed by atoms with van der Waals surface area (Å²) in [5, 5.41) is 6.09. The largest absolute Gasteiger partial charge is 0.493 e. The normalized spacial score (nSPS) is 19.7. The molecule has 2 fully saturated rings. The van der Waals surface area contributed by atoms with E-state index in [1.165, 1.54) is 14.2 Å². The number of rotatable bonds is 8. The number of nitrogens with zero attached hydrogens (tertiary/aromatic N) is 2. The summed E-state index contributed by atoms with van der Waals surface area (Å²) in [5.74, 6) is 0.515. The molecular formula is C29H39N5O5. The van der Waals surface area contributed by atoms with Crippen LogP contribution < -0.4 is 25.8 Å². The van der Waals surface area contributed by atoms with Crippen molar-refractivity contribution in [2.75, 3.05) is 45.7 Å². The highest BCUT2D eigenvalue weighted by molar-refractivity contribution is 6.06. The summed E-state index contributed by atoms with van der Waals surface area (Å²) in [6.07, 6.45) is 3.88. The lowest BCUT2D eigenvalue weighted by molar-refractivity contribution is -0.130. The Morgan fingerprint density at radius 1 is 0.897 bits per heavy atom. The lowest BCUT2D eigenvalue weighted by Crippen LogP contribution is -2.49. The fourth-order valence-corrected chi connectivity index (χ4v) is 5.20. The van der Waals surface area contributed by atoms with Crippen LogP contribution in [0.2, 0.25) is 0 Å². The monoisotopic (exact) mass is 537 g/mol. The first-order valence-corrected chi connectivity index (χ1v) is 13.5. The van der Waals surface area contributed by atoms with Gasteiger partial charge in [0.15, 0.2) is 11.5 Å². The quantitative estimate of drug-likeness (QED) is 0.473. The number of nitrogens with one attached hydrogen (secondary N) is 2. The van der Waals surface area contributed by atoms with Crippen LogP contribution >= 0.6 is 0 Å². The van der Waals surface area contributed by atoms with E-state index in [1.807, 2.05) is 11.0 Å². The van der Waals surface area contributed by atoms with Crippen LogP contribution in [-0.2, 0) is 11.3 Å². The average Bonchev–Trinajstić information content (AvgIpc) is 2.95. The summed E-state index contributed by atoms with van der Waals surface area (Å²) in [4.78, 5) is 42.3. The molecule has 1 aliphatic carbocycles. The van der Waals surface area contributed by atoms with Gasteiger partial charge in [0.25, 0.3) is 11.8 Å². The maximum atomic E-state index is 13.3. The Kier molecular flexibility index (Phi) is 9.42. The molecule has 1 saturated carbocycles. The summed E-state index contributed by atoms with van der Waals surface area (Å²) in [6.45, 7) is 4.93. The molecule has 39 heavy (non-hydrogen) atoms. The number of amides is 3. The highest BCUT2D eigenvalue weighted by atomic mass is 16.5. The van der Waals surface area contributed by atoms with E-state index in [-0.39, 0.29) is 29.8 Å². The second-order valence-corrected chi connectivity index (χ2v) is 10.2. The van der Waals surface area contributed by atoms with Crippen molar-refractivity contribution in [2.24, 2.45) is 5.73 Å². The van der Waals surface area contributed by atoms with Gasteiger partial charge in [0.05, 0.1) is 14.2 Å². The average molecular weight is 538 g/mol. The molecule has 4 rings (SSSR count). The van der Waals surface area contributed by atoms with E-state index in [4.69, 9.17) is 15.2 Å². The number of hydrogen-bond donors (Lipinski definition) is 3. The molecule has 2 unspecified atom stereocenters. The molecule has 2 aliphatic rings. The molecule has 2 aromatic carbocycles. The number of methoxy groups -OCH3 is 2. The molecule has 1 aliphatic heterocycles. The first-order chi connectivity index (χ1) is 18.8. The number of anilines is 1. The highest BCUT2D eigenvalue weighted by Crippen LogP contribution is 2.29. The third-order valence-electron chi connectivity index (χ3n) is 7.61. The molecule has 210 valence electrons. The highest BCUT2D eigenvalue weighted by Gasteiger charge is 2.25. The van der Waals surface area contributed by atoms with Crippen molar-refractivity contribution in [3.05, 3.63) is 53.1 Å². The van der Waals surface area contributed by atoms with E-state index < -0.39 is 0 Å². The van der Waals surface area contributed by atoms with Crippen molar-refractivity contribution in [3.8, 4) is 11.5 Å². The van der Waals surface area contributed by atoms with Crippen molar-refractivity contribution in [1.82, 2.24) is 15.1 Å². The van der Waals surface area contributed by atoms with Crippen molar-refractivity contribution >= 4 is 23.4 Å². The molecule has 0 radical (unpaired) electrons. The molecule has 3 amide bonds. The fourth-order valence-electron chi connectivity index (χ4n) is 5.20. The maximum absolute atomic E-state index is 13.3. The smallest absolute Gasteiger partial charge is 0.255 e. The molecular weight excluding hydrogens is 498 g/mol. The maximum Gasteiger partial charge on any atom is 0.255 e. The van der Waals surface area contributed by atoms with E-state index in [1.54, 1.807) is 37.3 Å². The van der Waals surface area contributed by atoms with Crippen LogP contribution in [0.3, 0.4) is 0 Å². The van der Waals surface area contributed by atoms with Crippen LogP contribution in [-0.4, -0.2) is 80.0 Å². The molecule has 0 bridgehead atoms. The Hall–Kier alpha value is -3.63. The lowest BCUT2D eigenvalue weighted by Gasteiger charge is -2.34. The summed E-state index contributed by atoms with van der Waals surface area (Å²) in [5.41, 5.74) is 8.54. The zero-order valence-corrected chi connectivity index (χ0v) is 23.0. The molecule has 0 spiro atoms. The van der Waals surface area contributed by atoms with Gasteiger partial charge in [-0.05, 0) is 48.7 Å². The third-order valence-corrected chi connectivity index (χ3v) is 7.61. The van der Waals surface area contributed by atoms with E-state index in [2.05, 4.69) is 15.5 Å². The van der Waals surface area contributed by atoms with Crippen LogP contribution in [0.25, 0.3) is 0 Å². The Morgan fingerprint density at radius 3 is 2.23 bits per heavy atom. The molecule has 10 heteroatoms. The first-order valence-electron chi connectivity index (χ1n) is 13.5. The predicted molar refractivity (Wildman–Crippen MR) is 149 cm³/mol. The standard InChI is InChI=1S/C29H39N5O5/c1-19(35)34-14-12-33(13-15-34)18-22-9-8-20(28(36)31-24-7-5-4-6-23(24)30)16-25(22)32-29(37)21-10-11-26(38-2)27(17-21)39-3/h8-11,16-17,23-24H,4-7,12-15,18,30H2,1-3H3,(H,31,36)(H,32,37). The second kappa shape index (κ2) is 12.9. The van der Waals surface area contributed by atoms with Gasteiger partial charge in [0.1, 0.15) is 0 Å². The summed E-state index contributed by atoms with van der Waals surface area (Å²) < 4.78 is 10.6. The van der Waals surface area contributed by atoms with Gasteiger partial charge in [0, 0.05) is 68.5 Å². The molecule has 10 nitrogen and oxygen atoms in total. The van der Waals surface area contributed by atoms with Crippen LogP contribution in [0.1, 0.15) is 58.9 Å². The topological polar surface area (TPSA) is 126 Å². The molecule has 4 N–H and O–H groups in total. The van der Waals surface area contributed by atoms with Gasteiger partial charge in [-0.2, -0.15) is 0 Å². The van der Waals surface area contributed by atoms with E-state index in [0.717, 1.165) is 44.3 Å². The number of nitrogens with two attached hydrogens (primary N) is 1. The zero-order valence-electron chi connectivity index (χ0n) is 23.0. The number of carbonyl (C=O) groups is 3. The van der Waals surface area contributed by atoms with Crippen LogP contribution in [0.5, 0.6) is 11.5 Å². The Balaban J connectivity index is 1.56. The number of piperazine rings is 1. The molecule has 0 aromatic heterocycles. The molecule has 2 atom stereocenters. The van der Waals surface area contributed by atoms with Gasteiger partial charge in [-0.25, -0.2) is 0 Å². The summed E-state index contributed by atoms with van der Waals surface area (Å²) in [7, 11) is 3.06. The van der Waals surface area contributed by atoms with Crippen LogP contribution in [0, 0.1) is 0 Å². The van der Waals surface area contributed by atoms with Gasteiger partial charge in [-0.15, -0.1) is 0 Å². The van der Waals surface area contributed by atoms with Crippen molar-refractivity contribution in [2.45, 2.75) is 51.2 Å². The fraction of sp³-hybridized carbons (Fsp3) is 0.483. The Bertz CT molecular complexity index is 1190. The van der Waals surface area contributed by atoms with Gasteiger partial charge in [-0.3, -0.25) is 19.3 Å². The van der Waals surface area contributed by atoms with E-state index >= 15 is 0 Å². The number of ether oxygens (including phenoxy) is 2. The Morgan fingerprint density at radius 2 is 1.56 bits per heavy atom. The molecule has 1 saturated heterocycles. The SMILES string of the molecule is COc1ccc(C(=O)Nc2cc(C(=O)NC3CCCCC3N)ccc2CN2CCN(C(C)=O)CC2)cc1OC. The zero-order chi connectivity index (χ0) is 27.9. The van der Waals surface area contributed by atoms with Crippen LogP contribution in [0.15, 0.2) is 36.4 Å². The Labute approximate surface area is 229 Å². The minimum atomic E-state index is -0.328. The van der Waals surface area contributed by atoms with Crippen LogP contribution in [0.4, 0.5) is 5.69 Å². The van der Waals surface area contributed by atoms with Crippen molar-refractivity contribution in [1.29, 1.82) is 0 Å². The molecule has 1 heterocycles. The number of hydrogen-bond acceptors (Lipinski definition) is 7. The molecule has 2 aromatic rings. The van der Waals surface area contributed by atoms with Gasteiger partial charge >= 0.3 is 0 Å². The minimum Gasteiger partial charge on any atom is -0.493 e. The summed E-state index contributed by atoms with van der Waals surface area (Å²) >= 11 is 0. The van der Waals surface area contributed by atoms with Crippen molar-refractivity contribution < 1.29 is 23.9 Å². The first kappa shape index (κ1) is 28.4. The van der Waals surface area contributed by atoms with E-state index in [9.17, 15) is 14.4 Å². The van der Waals surface area contributed by atoms with E-state index in [0.29, 0.717) is 47.9 Å². The minimum absolute atomic E-state index is 0.0557. The van der Waals surface area contributed by atoms with Gasteiger partial charge < -0.3 is 30.7 Å². The lowest BCUT2D eigenvalue weighted by atomic mass is 9.91. The van der Waals surface area contributed by atoms with Gasteiger partial charge in [-0.1, -0.05) is 18.9 Å². The van der Waals surface area contributed by atoms with Crippen molar-refractivity contribution in [3.63, 3.8) is 0 Å². The second-order valence-electron chi connectivity index (χ2n) is 10.2. The summed E-state index contributed by atoms with van der Waals surface area (Å²) in [6, 6.07) is 10.2. The third kappa shape index (κ3) is 7.07. The number of carbonyl (C=O) groups excluding carboxylic acids is 3.